The molecule has 9 heteroatoms. The van der Waals surface area contributed by atoms with E-state index in [0.717, 1.165) is 0 Å². The third-order valence-corrected chi connectivity index (χ3v) is 5.95. The van der Waals surface area contributed by atoms with E-state index >= 15 is 0 Å². The average Bonchev–Trinajstić information content (AvgIpc) is 3.37. The second-order valence-electron chi connectivity index (χ2n) is 7.54. The molecule has 0 saturated heterocycles. The van der Waals surface area contributed by atoms with E-state index in [-0.39, 0.29) is 11.3 Å². The molecule has 7 nitrogen and oxygen atoms in total. The van der Waals surface area contributed by atoms with Crippen molar-refractivity contribution < 1.29 is 23.8 Å². The molecular formula is C25H16Cl2N2O5. The first-order valence-corrected chi connectivity index (χ1v) is 10.9. The summed E-state index contributed by atoms with van der Waals surface area (Å²) in [6, 6.07) is 15.4. The maximum Gasteiger partial charge on any atom is 0.294 e. The Kier molecular flexibility index (Phi) is 5.51. The monoisotopic (exact) mass is 494 g/mol. The van der Waals surface area contributed by atoms with Gasteiger partial charge in [-0.05, 0) is 42.5 Å². The summed E-state index contributed by atoms with van der Waals surface area (Å²) in [6.45, 7) is 0. The van der Waals surface area contributed by atoms with Gasteiger partial charge in [0.15, 0.2) is 22.9 Å². The fraction of sp³-hybridized carbons (Fsp3) is 0.0800. The van der Waals surface area contributed by atoms with Crippen LogP contribution in [-0.2, 0) is 4.79 Å². The first kappa shape index (κ1) is 22.0. The number of fused-ring (bicyclic) bond motifs is 1. The minimum Gasteiger partial charge on any atom is -0.503 e. The molecule has 3 heterocycles. The Morgan fingerprint density at radius 3 is 2.62 bits per heavy atom. The number of nitrogens with zero attached hydrogens (tertiary/aromatic N) is 2. The summed E-state index contributed by atoms with van der Waals surface area (Å²) in [7, 11) is 1.46. The van der Waals surface area contributed by atoms with Gasteiger partial charge >= 0.3 is 0 Å². The number of ketones is 1. The number of carbonyl (C=O) groups is 2. The lowest BCUT2D eigenvalue weighted by atomic mass is 9.98. The van der Waals surface area contributed by atoms with Gasteiger partial charge in [-0.3, -0.25) is 19.5 Å². The number of rotatable bonds is 5. The first-order chi connectivity index (χ1) is 16.4. The van der Waals surface area contributed by atoms with Gasteiger partial charge in [-0.25, -0.2) is 0 Å². The van der Waals surface area contributed by atoms with Crippen LogP contribution < -0.4 is 9.64 Å². The van der Waals surface area contributed by atoms with Gasteiger partial charge in [0.2, 0.25) is 5.78 Å². The van der Waals surface area contributed by atoms with Gasteiger partial charge in [0.25, 0.3) is 5.91 Å². The summed E-state index contributed by atoms with van der Waals surface area (Å²) in [4.78, 5) is 32.5. The summed E-state index contributed by atoms with van der Waals surface area (Å²) in [5, 5.41) is 12.2. The zero-order valence-corrected chi connectivity index (χ0v) is 19.2. The Hall–Kier alpha value is -3.81. The molecule has 0 fully saturated rings. The third-order valence-electron chi connectivity index (χ3n) is 5.50. The lowest BCUT2D eigenvalue weighted by Gasteiger charge is -2.26. The Morgan fingerprint density at radius 1 is 1.09 bits per heavy atom. The summed E-state index contributed by atoms with van der Waals surface area (Å²) in [5.41, 5.74) is 0.953. The van der Waals surface area contributed by atoms with Crippen LogP contribution in [0.25, 0.3) is 11.0 Å². The number of hydrogen-bond acceptors (Lipinski definition) is 6. The van der Waals surface area contributed by atoms with Gasteiger partial charge in [0.1, 0.15) is 6.04 Å². The molecule has 1 atom stereocenters. The number of anilines is 1. The SMILES string of the molecule is COc1cc(Cl)cc2cc(C(=O)C3=C(O)C(=O)N(c4cccc(Cl)c4)C3c3ccccn3)oc12. The highest BCUT2D eigenvalue weighted by Gasteiger charge is 2.46. The van der Waals surface area contributed by atoms with Crippen molar-refractivity contribution in [2.24, 2.45) is 0 Å². The highest BCUT2D eigenvalue weighted by molar-refractivity contribution is 6.32. The summed E-state index contributed by atoms with van der Waals surface area (Å²) in [6.07, 6.45) is 1.54. The van der Waals surface area contributed by atoms with Gasteiger partial charge in [-0.15, -0.1) is 0 Å². The fourth-order valence-electron chi connectivity index (χ4n) is 4.03. The maximum absolute atomic E-state index is 13.7. The molecule has 1 amide bonds. The van der Waals surface area contributed by atoms with Gasteiger partial charge < -0.3 is 14.3 Å². The van der Waals surface area contributed by atoms with Crippen molar-refractivity contribution in [1.82, 2.24) is 4.98 Å². The Balaban J connectivity index is 1.66. The molecular weight excluding hydrogens is 479 g/mol. The van der Waals surface area contributed by atoms with Crippen LogP contribution in [0.4, 0.5) is 5.69 Å². The van der Waals surface area contributed by atoms with Crippen LogP contribution in [0.3, 0.4) is 0 Å². The molecule has 0 radical (unpaired) electrons. The van der Waals surface area contributed by atoms with Crippen molar-refractivity contribution in [1.29, 1.82) is 0 Å². The lowest BCUT2D eigenvalue weighted by molar-refractivity contribution is -0.117. The van der Waals surface area contributed by atoms with E-state index in [1.54, 1.807) is 60.8 Å². The second kappa shape index (κ2) is 8.52. The van der Waals surface area contributed by atoms with Crippen LogP contribution in [0.2, 0.25) is 10.0 Å². The summed E-state index contributed by atoms with van der Waals surface area (Å²) >= 11 is 12.3. The van der Waals surface area contributed by atoms with Crippen LogP contribution in [0.15, 0.2) is 82.6 Å². The first-order valence-electron chi connectivity index (χ1n) is 10.1. The number of aliphatic hydroxyl groups excluding tert-OH is 1. The van der Waals surface area contributed by atoms with E-state index in [4.69, 9.17) is 32.4 Å². The Morgan fingerprint density at radius 2 is 1.91 bits per heavy atom. The highest BCUT2D eigenvalue weighted by Crippen LogP contribution is 2.42. The van der Waals surface area contributed by atoms with Crippen molar-refractivity contribution in [2.75, 3.05) is 12.0 Å². The molecule has 0 saturated carbocycles. The number of aromatic nitrogens is 1. The van der Waals surface area contributed by atoms with Gasteiger partial charge in [-0.2, -0.15) is 0 Å². The van der Waals surface area contributed by atoms with E-state index in [9.17, 15) is 14.7 Å². The standard InChI is InChI=1S/C25H16Cl2N2O5/c1-33-19-12-15(27)9-13-10-18(34-24(13)19)22(30)20-21(17-7-2-3-8-28-17)29(25(32)23(20)31)16-6-4-5-14(26)11-16/h2-12,21,31H,1H3. The predicted octanol–water partition coefficient (Wildman–Crippen LogP) is 5.93. The molecule has 1 unspecified atom stereocenters. The molecule has 0 spiro atoms. The zero-order valence-electron chi connectivity index (χ0n) is 17.7. The van der Waals surface area contributed by atoms with Crippen molar-refractivity contribution in [2.45, 2.75) is 6.04 Å². The van der Waals surface area contributed by atoms with Gasteiger partial charge in [-0.1, -0.05) is 35.3 Å². The van der Waals surface area contributed by atoms with Crippen LogP contribution in [-0.4, -0.2) is 28.9 Å². The van der Waals surface area contributed by atoms with E-state index in [2.05, 4.69) is 4.98 Å². The fourth-order valence-corrected chi connectivity index (χ4v) is 4.43. The smallest absolute Gasteiger partial charge is 0.294 e. The molecule has 4 aromatic rings. The lowest BCUT2D eigenvalue weighted by Crippen LogP contribution is -2.31. The number of amides is 1. The number of furan rings is 1. The van der Waals surface area contributed by atoms with Crippen LogP contribution in [0, 0.1) is 0 Å². The quantitative estimate of drug-likeness (QED) is 0.345. The third kappa shape index (κ3) is 3.59. The number of halogens is 2. The zero-order chi connectivity index (χ0) is 24.0. The molecule has 0 aliphatic carbocycles. The topological polar surface area (TPSA) is 92.9 Å². The maximum atomic E-state index is 13.7. The summed E-state index contributed by atoms with van der Waals surface area (Å²) in [5.74, 6) is -1.84. The highest BCUT2D eigenvalue weighted by atomic mass is 35.5. The van der Waals surface area contributed by atoms with Crippen molar-refractivity contribution >= 4 is 51.5 Å². The Bertz CT molecular complexity index is 1480. The van der Waals surface area contributed by atoms with Gasteiger partial charge in [0, 0.05) is 33.4 Å². The largest absolute Gasteiger partial charge is 0.503 e. The van der Waals surface area contributed by atoms with Crippen LogP contribution >= 0.6 is 23.2 Å². The minimum absolute atomic E-state index is 0.0845. The van der Waals surface area contributed by atoms with Crippen molar-refractivity contribution in [3.05, 3.63) is 99.7 Å². The number of aliphatic hydroxyl groups is 1. The number of ether oxygens (including phenoxy) is 1. The molecule has 1 aliphatic rings. The number of Topliss-reactive ketones (excluding diaryl/α,β-unsaturated/α-hetero) is 1. The number of carbonyl (C=O) groups excluding carboxylic acids is 2. The average molecular weight is 495 g/mol. The Labute approximate surface area is 203 Å². The molecule has 2 aromatic heterocycles. The molecule has 5 rings (SSSR count). The number of pyridine rings is 1. The summed E-state index contributed by atoms with van der Waals surface area (Å²) < 4.78 is 11.1. The van der Waals surface area contributed by atoms with Crippen LogP contribution in [0.1, 0.15) is 22.3 Å². The normalized spacial score (nSPS) is 15.9. The predicted molar refractivity (Wildman–Crippen MR) is 128 cm³/mol. The van der Waals surface area contributed by atoms with E-state index < -0.39 is 23.5 Å². The molecule has 34 heavy (non-hydrogen) atoms. The van der Waals surface area contributed by atoms with E-state index in [0.29, 0.717) is 38.1 Å². The molecule has 2 aromatic carbocycles. The molecule has 0 bridgehead atoms. The number of methoxy groups -OCH3 is 1. The second-order valence-corrected chi connectivity index (χ2v) is 8.41. The number of benzene rings is 2. The van der Waals surface area contributed by atoms with E-state index in [1.165, 1.54) is 18.1 Å². The van der Waals surface area contributed by atoms with Gasteiger partial charge in [0.05, 0.1) is 18.4 Å². The molecule has 1 N–H and O–H groups in total. The van der Waals surface area contributed by atoms with Crippen molar-refractivity contribution in [3.63, 3.8) is 0 Å². The minimum atomic E-state index is -1.00. The number of hydrogen-bond donors (Lipinski definition) is 1. The van der Waals surface area contributed by atoms with E-state index in [1.807, 2.05) is 0 Å². The van der Waals surface area contributed by atoms with Crippen LogP contribution in [0.5, 0.6) is 5.75 Å². The molecule has 1 aliphatic heterocycles. The van der Waals surface area contributed by atoms with Crippen molar-refractivity contribution in [3.8, 4) is 5.75 Å². The molecule has 170 valence electrons.